The number of hydrogen-bond donors (Lipinski definition) is 3. The first-order valence-electron chi connectivity index (χ1n) is 12.5. The number of halogens is 1. The van der Waals surface area contributed by atoms with Gasteiger partial charge in [-0.3, -0.25) is 9.59 Å². The third kappa shape index (κ3) is 6.19. The molecule has 2 aromatic carbocycles. The molecule has 2 aliphatic rings. The first kappa shape index (κ1) is 26.4. The van der Waals surface area contributed by atoms with Crippen LogP contribution < -0.4 is 15.4 Å². The van der Waals surface area contributed by atoms with Crippen molar-refractivity contribution in [1.29, 1.82) is 0 Å². The summed E-state index contributed by atoms with van der Waals surface area (Å²) in [6, 6.07) is 9.65. The number of urea groups is 1. The van der Waals surface area contributed by atoms with Gasteiger partial charge in [-0.25, -0.2) is 9.18 Å². The van der Waals surface area contributed by atoms with E-state index in [0.717, 1.165) is 12.8 Å². The number of aliphatic hydroxyl groups is 1. The molecule has 3 atom stereocenters. The van der Waals surface area contributed by atoms with Gasteiger partial charge >= 0.3 is 6.03 Å². The molecule has 0 bridgehead atoms. The second-order valence-corrected chi connectivity index (χ2v) is 9.89. The number of para-hydroxylation sites is 1. The molecule has 0 spiro atoms. The smallest absolute Gasteiger partial charge is 0.321 e. The van der Waals surface area contributed by atoms with E-state index in [9.17, 15) is 23.9 Å². The number of ether oxygens (including phenoxy) is 1. The summed E-state index contributed by atoms with van der Waals surface area (Å²) in [7, 11) is 1.62. The van der Waals surface area contributed by atoms with Crippen molar-refractivity contribution in [2.45, 2.75) is 38.8 Å². The van der Waals surface area contributed by atoms with E-state index in [1.807, 2.05) is 6.92 Å². The second kappa shape index (κ2) is 11.2. The Morgan fingerprint density at radius 1 is 1.19 bits per heavy atom. The summed E-state index contributed by atoms with van der Waals surface area (Å²) in [4.78, 5) is 42.0. The van der Waals surface area contributed by atoms with E-state index in [-0.39, 0.29) is 48.1 Å². The minimum atomic E-state index is -0.539. The Balaban J connectivity index is 1.61. The highest BCUT2D eigenvalue weighted by molar-refractivity contribution is 6.02. The van der Waals surface area contributed by atoms with Gasteiger partial charge in [0.25, 0.3) is 5.91 Å². The summed E-state index contributed by atoms with van der Waals surface area (Å²) in [5, 5.41) is 15.4. The first-order chi connectivity index (χ1) is 17.7. The minimum Gasteiger partial charge on any atom is -0.485 e. The van der Waals surface area contributed by atoms with Crippen LogP contribution in [0.2, 0.25) is 0 Å². The van der Waals surface area contributed by atoms with Gasteiger partial charge in [0.2, 0.25) is 5.91 Å². The van der Waals surface area contributed by atoms with Crippen LogP contribution >= 0.6 is 0 Å². The van der Waals surface area contributed by atoms with Gasteiger partial charge in [-0.1, -0.05) is 13.0 Å². The zero-order valence-corrected chi connectivity index (χ0v) is 21.2. The molecule has 3 N–H and O–H groups in total. The van der Waals surface area contributed by atoms with E-state index >= 15 is 0 Å². The van der Waals surface area contributed by atoms with Gasteiger partial charge < -0.3 is 30.3 Å². The van der Waals surface area contributed by atoms with Crippen LogP contribution in [0, 0.1) is 17.7 Å². The molecule has 10 heteroatoms. The van der Waals surface area contributed by atoms with E-state index in [1.54, 1.807) is 37.1 Å². The largest absolute Gasteiger partial charge is 0.485 e. The molecule has 0 unspecified atom stereocenters. The van der Waals surface area contributed by atoms with Crippen LogP contribution in [0.3, 0.4) is 0 Å². The molecule has 0 saturated heterocycles. The summed E-state index contributed by atoms with van der Waals surface area (Å²) in [5.74, 6) is -0.830. The minimum absolute atomic E-state index is 0.0398. The lowest BCUT2D eigenvalue weighted by Gasteiger charge is -2.38. The summed E-state index contributed by atoms with van der Waals surface area (Å²) in [6.45, 7) is 3.95. The van der Waals surface area contributed by atoms with Crippen molar-refractivity contribution >= 4 is 29.2 Å². The number of nitrogens with one attached hydrogen (secondary N) is 2. The van der Waals surface area contributed by atoms with Gasteiger partial charge in [0, 0.05) is 31.1 Å². The van der Waals surface area contributed by atoms with Gasteiger partial charge in [0.15, 0.2) is 5.75 Å². The Bertz CT molecular complexity index is 1150. The van der Waals surface area contributed by atoms with E-state index in [0.29, 0.717) is 17.9 Å². The third-order valence-electron chi connectivity index (χ3n) is 6.79. The number of likely N-dealkylation sites (N-methyl/N-ethyl adjacent to an activating group) is 1. The molecule has 1 saturated carbocycles. The maximum absolute atomic E-state index is 13.5. The van der Waals surface area contributed by atoms with Crippen molar-refractivity contribution in [2.75, 3.05) is 37.4 Å². The van der Waals surface area contributed by atoms with E-state index in [1.165, 1.54) is 29.2 Å². The highest BCUT2D eigenvalue weighted by Crippen LogP contribution is 2.37. The van der Waals surface area contributed by atoms with Crippen LogP contribution in [0.15, 0.2) is 42.5 Å². The number of nitrogens with zero attached hydrogens (tertiary/aromatic N) is 2. The van der Waals surface area contributed by atoms with Crippen molar-refractivity contribution in [3.8, 4) is 5.75 Å². The lowest BCUT2D eigenvalue weighted by atomic mass is 9.99. The number of fused-ring (bicyclic) bond motifs is 1. The molecule has 1 aliphatic heterocycles. The Kier molecular flexibility index (Phi) is 7.97. The third-order valence-corrected chi connectivity index (χ3v) is 6.79. The molecular formula is C27H33FN4O5. The molecule has 9 nitrogen and oxygen atoms in total. The lowest BCUT2D eigenvalue weighted by molar-refractivity contribution is -0.117. The van der Waals surface area contributed by atoms with Gasteiger partial charge in [0.1, 0.15) is 11.9 Å². The average molecular weight is 513 g/mol. The zero-order valence-electron chi connectivity index (χ0n) is 21.2. The predicted octanol–water partition coefficient (Wildman–Crippen LogP) is 3.56. The van der Waals surface area contributed by atoms with E-state index in [2.05, 4.69) is 10.6 Å². The van der Waals surface area contributed by atoms with Crippen molar-refractivity contribution in [1.82, 2.24) is 9.80 Å². The molecule has 0 radical (unpaired) electrons. The van der Waals surface area contributed by atoms with Crippen LogP contribution in [0.4, 0.5) is 20.6 Å². The number of amides is 4. The van der Waals surface area contributed by atoms with E-state index < -0.39 is 24.0 Å². The van der Waals surface area contributed by atoms with Crippen molar-refractivity contribution in [3.63, 3.8) is 0 Å². The van der Waals surface area contributed by atoms with Crippen molar-refractivity contribution < 1.29 is 28.6 Å². The quantitative estimate of drug-likeness (QED) is 0.525. The van der Waals surface area contributed by atoms with Gasteiger partial charge in [0.05, 0.1) is 30.4 Å². The molecule has 4 amide bonds. The van der Waals surface area contributed by atoms with Crippen LogP contribution in [0.1, 0.15) is 37.0 Å². The van der Waals surface area contributed by atoms with Crippen molar-refractivity contribution in [2.24, 2.45) is 11.8 Å². The summed E-state index contributed by atoms with van der Waals surface area (Å²) < 4.78 is 19.6. The Labute approximate surface area is 215 Å². The maximum Gasteiger partial charge on any atom is 0.321 e. The molecule has 198 valence electrons. The summed E-state index contributed by atoms with van der Waals surface area (Å²) in [6.07, 6.45) is 1.12. The monoisotopic (exact) mass is 512 g/mol. The number of hydrogen-bond acceptors (Lipinski definition) is 5. The summed E-state index contributed by atoms with van der Waals surface area (Å²) in [5.41, 5.74) is 1.13. The van der Waals surface area contributed by atoms with Crippen molar-refractivity contribution in [3.05, 3.63) is 53.8 Å². The number of anilines is 2. The first-order valence-corrected chi connectivity index (χ1v) is 12.5. The Morgan fingerprint density at radius 3 is 2.54 bits per heavy atom. The molecule has 4 rings (SSSR count). The molecule has 37 heavy (non-hydrogen) atoms. The number of benzene rings is 2. The second-order valence-electron chi connectivity index (χ2n) is 9.89. The van der Waals surface area contributed by atoms with Gasteiger partial charge in [-0.2, -0.15) is 0 Å². The number of carbonyl (C=O) groups is 3. The highest BCUT2D eigenvalue weighted by Gasteiger charge is 2.36. The molecule has 1 aliphatic carbocycles. The normalized spacial score (nSPS) is 20.1. The molecule has 0 aromatic heterocycles. The molecule has 2 aromatic rings. The fraction of sp³-hybridized carbons (Fsp3) is 0.444. The van der Waals surface area contributed by atoms with Crippen LogP contribution in [0.5, 0.6) is 5.75 Å². The van der Waals surface area contributed by atoms with Crippen LogP contribution in [-0.4, -0.2) is 71.6 Å². The number of aliphatic hydroxyl groups excluding tert-OH is 1. The van der Waals surface area contributed by atoms with Gasteiger partial charge in [-0.05, 0) is 56.2 Å². The fourth-order valence-electron chi connectivity index (χ4n) is 4.24. The molecule has 1 fully saturated rings. The highest BCUT2D eigenvalue weighted by atomic mass is 19.1. The maximum atomic E-state index is 13.5. The average Bonchev–Trinajstić information content (AvgIpc) is 3.73. The fourth-order valence-corrected chi connectivity index (χ4v) is 4.24. The molecule has 1 heterocycles. The lowest BCUT2D eigenvalue weighted by Crippen LogP contribution is -2.50. The zero-order chi connectivity index (χ0) is 26.7. The Morgan fingerprint density at radius 2 is 1.89 bits per heavy atom. The molecular weight excluding hydrogens is 479 g/mol. The van der Waals surface area contributed by atoms with Gasteiger partial charge in [-0.15, -0.1) is 0 Å². The number of carbonyl (C=O) groups excluding carboxylic acids is 3. The van der Waals surface area contributed by atoms with Crippen LogP contribution in [-0.2, 0) is 4.79 Å². The standard InChI is InChI=1S/C27H33FN4O5/c1-16-13-32(17(2)15-33)26(35)21-5-4-6-22(30-25(34)18-7-8-18)24(21)37-23(16)14-31(3)27(36)29-20-11-9-19(28)10-12-20/h4-6,9-12,16-18,23,33H,7-8,13-15H2,1-3H3,(H,29,36)(H,30,34)/t16-,17+,23+/m1/s1. The number of rotatable bonds is 7. The Hall–Kier alpha value is -3.66. The topological polar surface area (TPSA) is 111 Å². The predicted molar refractivity (Wildman–Crippen MR) is 137 cm³/mol. The SMILES string of the molecule is C[C@@H]1CN([C@@H](C)CO)C(=O)c2cccc(NC(=O)C3CC3)c2O[C@H]1CN(C)C(=O)Nc1ccc(F)cc1. The van der Waals surface area contributed by atoms with Crippen LogP contribution in [0.25, 0.3) is 0 Å². The summed E-state index contributed by atoms with van der Waals surface area (Å²) >= 11 is 0. The van der Waals surface area contributed by atoms with E-state index in [4.69, 9.17) is 4.74 Å².